The van der Waals surface area contributed by atoms with Crippen molar-refractivity contribution in [2.24, 2.45) is 0 Å². The van der Waals surface area contributed by atoms with E-state index in [1.54, 1.807) is 56.3 Å². The lowest BCUT2D eigenvalue weighted by atomic mass is 10.1. The third kappa shape index (κ3) is 6.26. The molecule has 5 nitrogen and oxygen atoms in total. The fraction of sp³-hybridized carbons (Fsp3) is 0.167. The Morgan fingerprint density at radius 3 is 2.30 bits per heavy atom. The lowest BCUT2D eigenvalue weighted by Crippen LogP contribution is -2.34. The topological polar surface area (TPSA) is 67.4 Å². The highest BCUT2D eigenvalue weighted by atomic mass is 35.5. The van der Waals surface area contributed by atoms with Crippen LogP contribution in [0.4, 0.5) is 23.7 Å². The number of carbonyl (C=O) groups is 2. The van der Waals surface area contributed by atoms with Crippen LogP contribution in [0.1, 0.15) is 40.1 Å². The van der Waals surface area contributed by atoms with Gasteiger partial charge in [0.1, 0.15) is 11.9 Å². The van der Waals surface area contributed by atoms with Crippen molar-refractivity contribution in [1.82, 2.24) is 5.32 Å². The first-order valence-electron chi connectivity index (χ1n) is 9.86. The van der Waals surface area contributed by atoms with E-state index in [1.165, 1.54) is 12.1 Å². The first kappa shape index (κ1) is 24.1. The number of hydrogen-bond acceptors (Lipinski definition) is 3. The summed E-state index contributed by atoms with van der Waals surface area (Å²) >= 11 is 5.84. The number of aryl methyl sites for hydroxylation is 1. The number of halogens is 4. The van der Waals surface area contributed by atoms with Crippen molar-refractivity contribution >= 4 is 29.2 Å². The van der Waals surface area contributed by atoms with Crippen molar-refractivity contribution < 1.29 is 27.5 Å². The standard InChI is InChI=1S/C24H20ClF3N2O3/c1-14-5-3-4-6-19(14)22(31)30-23(32)29-18-11-12-21(20(13-18)24(26,27)28)33-15(2)16-7-9-17(25)10-8-16/h3-13,15H,1-2H3,(H2,29,30,31,32). The molecule has 0 aliphatic heterocycles. The number of benzene rings is 3. The molecule has 0 spiro atoms. The molecule has 0 fully saturated rings. The Morgan fingerprint density at radius 1 is 1.00 bits per heavy atom. The first-order chi connectivity index (χ1) is 15.5. The summed E-state index contributed by atoms with van der Waals surface area (Å²) in [6.45, 7) is 3.31. The maximum atomic E-state index is 13.7. The van der Waals surface area contributed by atoms with Gasteiger partial charge in [0.15, 0.2) is 0 Å². The van der Waals surface area contributed by atoms with E-state index in [1.807, 2.05) is 0 Å². The summed E-state index contributed by atoms with van der Waals surface area (Å²) in [4.78, 5) is 24.4. The van der Waals surface area contributed by atoms with Crippen molar-refractivity contribution in [1.29, 1.82) is 0 Å². The maximum Gasteiger partial charge on any atom is 0.420 e. The molecular formula is C24H20ClF3N2O3. The number of amides is 3. The van der Waals surface area contributed by atoms with Crippen molar-refractivity contribution in [3.05, 3.63) is 94.0 Å². The summed E-state index contributed by atoms with van der Waals surface area (Å²) in [7, 11) is 0. The third-order valence-corrected chi connectivity index (χ3v) is 5.05. The van der Waals surface area contributed by atoms with Crippen LogP contribution in [0.25, 0.3) is 0 Å². The average Bonchev–Trinajstić information content (AvgIpc) is 2.74. The largest absolute Gasteiger partial charge is 0.485 e. The van der Waals surface area contributed by atoms with Gasteiger partial charge in [-0.05, 0) is 61.4 Å². The fourth-order valence-corrected chi connectivity index (χ4v) is 3.21. The first-order valence-corrected chi connectivity index (χ1v) is 10.2. The monoisotopic (exact) mass is 476 g/mol. The van der Waals surface area contributed by atoms with Gasteiger partial charge in [-0.2, -0.15) is 13.2 Å². The molecular weight excluding hydrogens is 457 g/mol. The molecule has 1 atom stereocenters. The van der Waals surface area contributed by atoms with Gasteiger partial charge in [-0.15, -0.1) is 0 Å². The van der Waals surface area contributed by atoms with Crippen LogP contribution in [0.15, 0.2) is 66.7 Å². The van der Waals surface area contributed by atoms with Gasteiger partial charge in [-0.1, -0.05) is 41.9 Å². The zero-order chi connectivity index (χ0) is 24.2. The molecule has 2 N–H and O–H groups in total. The second-order valence-corrected chi connectivity index (χ2v) is 7.68. The van der Waals surface area contributed by atoms with Gasteiger partial charge in [0.25, 0.3) is 5.91 Å². The minimum Gasteiger partial charge on any atom is -0.485 e. The summed E-state index contributed by atoms with van der Waals surface area (Å²) in [5.41, 5.74) is 0.362. The fourth-order valence-electron chi connectivity index (χ4n) is 3.08. The Labute approximate surface area is 193 Å². The number of ether oxygens (including phenoxy) is 1. The van der Waals surface area contributed by atoms with Crippen molar-refractivity contribution in [2.75, 3.05) is 5.32 Å². The Kier molecular flexibility index (Phi) is 7.28. The molecule has 9 heteroatoms. The molecule has 0 saturated carbocycles. The Hall–Kier alpha value is -3.52. The molecule has 0 aliphatic carbocycles. The molecule has 0 radical (unpaired) electrons. The number of urea groups is 1. The number of alkyl halides is 3. The minimum absolute atomic E-state index is 0.149. The molecule has 0 aromatic heterocycles. The average molecular weight is 477 g/mol. The van der Waals surface area contributed by atoms with Crippen molar-refractivity contribution in [3.8, 4) is 5.75 Å². The lowest BCUT2D eigenvalue weighted by molar-refractivity contribution is -0.139. The van der Waals surface area contributed by atoms with E-state index in [0.29, 0.717) is 16.1 Å². The minimum atomic E-state index is -4.74. The second kappa shape index (κ2) is 9.95. The van der Waals surface area contributed by atoms with Crippen LogP contribution in [-0.4, -0.2) is 11.9 Å². The number of rotatable bonds is 5. The second-order valence-electron chi connectivity index (χ2n) is 7.24. The molecule has 33 heavy (non-hydrogen) atoms. The maximum absolute atomic E-state index is 13.7. The summed E-state index contributed by atoms with van der Waals surface area (Å²) in [6.07, 6.45) is -5.42. The van der Waals surface area contributed by atoms with Gasteiger partial charge in [-0.3, -0.25) is 10.1 Å². The van der Waals surface area contributed by atoms with Crippen LogP contribution < -0.4 is 15.4 Å². The van der Waals surface area contributed by atoms with E-state index in [2.05, 4.69) is 10.6 Å². The van der Waals surface area contributed by atoms with Gasteiger partial charge < -0.3 is 10.1 Å². The van der Waals surface area contributed by atoms with E-state index in [4.69, 9.17) is 16.3 Å². The van der Waals surface area contributed by atoms with Crippen LogP contribution in [0.2, 0.25) is 5.02 Å². The zero-order valence-corrected chi connectivity index (χ0v) is 18.4. The molecule has 172 valence electrons. The number of hydrogen-bond donors (Lipinski definition) is 2. The molecule has 0 saturated heterocycles. The van der Waals surface area contributed by atoms with E-state index >= 15 is 0 Å². The smallest absolute Gasteiger partial charge is 0.420 e. The molecule has 0 bridgehead atoms. The molecule has 1 unspecified atom stereocenters. The molecule has 3 aromatic rings. The predicted molar refractivity (Wildman–Crippen MR) is 120 cm³/mol. The molecule has 3 aromatic carbocycles. The number of carbonyl (C=O) groups excluding carboxylic acids is 2. The third-order valence-electron chi connectivity index (χ3n) is 4.80. The summed E-state index contributed by atoms with van der Waals surface area (Å²) in [6, 6.07) is 15.3. The van der Waals surface area contributed by atoms with Crippen LogP contribution >= 0.6 is 11.6 Å². The Morgan fingerprint density at radius 2 is 1.67 bits per heavy atom. The van der Waals surface area contributed by atoms with Crippen molar-refractivity contribution in [3.63, 3.8) is 0 Å². The molecule has 3 rings (SSSR count). The molecule has 3 amide bonds. The van der Waals surface area contributed by atoms with Crippen LogP contribution in [0.3, 0.4) is 0 Å². The lowest BCUT2D eigenvalue weighted by Gasteiger charge is -2.20. The summed E-state index contributed by atoms with van der Waals surface area (Å²) < 4.78 is 46.6. The summed E-state index contributed by atoms with van der Waals surface area (Å²) in [5.74, 6) is -1.06. The number of nitrogens with one attached hydrogen (secondary N) is 2. The van der Waals surface area contributed by atoms with Gasteiger partial charge in [-0.25, -0.2) is 4.79 Å². The number of anilines is 1. The predicted octanol–water partition coefficient (Wildman–Crippen LogP) is 6.77. The highest BCUT2D eigenvalue weighted by Gasteiger charge is 2.35. The van der Waals surface area contributed by atoms with Gasteiger partial charge >= 0.3 is 12.2 Å². The van der Waals surface area contributed by atoms with Gasteiger partial charge in [0.05, 0.1) is 5.56 Å². The van der Waals surface area contributed by atoms with Crippen molar-refractivity contribution in [2.45, 2.75) is 26.1 Å². The van der Waals surface area contributed by atoms with Gasteiger partial charge in [0.2, 0.25) is 0 Å². The van der Waals surface area contributed by atoms with E-state index in [-0.39, 0.29) is 11.3 Å². The normalized spacial score (nSPS) is 12.1. The molecule has 0 aliphatic rings. The number of imide groups is 1. The van der Waals surface area contributed by atoms with Gasteiger partial charge in [0, 0.05) is 16.3 Å². The summed E-state index contributed by atoms with van der Waals surface area (Å²) in [5, 5.41) is 4.85. The Balaban J connectivity index is 1.76. The Bertz CT molecular complexity index is 1160. The molecule has 0 heterocycles. The van der Waals surface area contributed by atoms with E-state index in [9.17, 15) is 22.8 Å². The highest BCUT2D eigenvalue weighted by molar-refractivity contribution is 6.30. The van der Waals surface area contributed by atoms with Crippen LogP contribution in [0, 0.1) is 6.92 Å². The van der Waals surface area contributed by atoms with E-state index < -0.39 is 35.5 Å². The quantitative estimate of drug-likeness (QED) is 0.427. The zero-order valence-electron chi connectivity index (χ0n) is 17.7. The van der Waals surface area contributed by atoms with E-state index in [0.717, 1.165) is 12.1 Å². The van der Waals surface area contributed by atoms with Crippen LogP contribution in [0.5, 0.6) is 5.75 Å². The highest BCUT2D eigenvalue weighted by Crippen LogP contribution is 2.39. The van der Waals surface area contributed by atoms with Crippen LogP contribution in [-0.2, 0) is 6.18 Å². The SMILES string of the molecule is Cc1ccccc1C(=O)NC(=O)Nc1ccc(OC(C)c2ccc(Cl)cc2)c(C(F)(F)F)c1.